The second-order valence-electron chi connectivity index (χ2n) is 11.2. The predicted molar refractivity (Wildman–Crippen MR) is 197 cm³/mol. The van der Waals surface area contributed by atoms with Gasteiger partial charge in [0.05, 0.1) is 22.8 Å². The summed E-state index contributed by atoms with van der Waals surface area (Å²) in [5, 5.41) is 16.8. The molecule has 0 unspecified atom stereocenters. The minimum absolute atomic E-state index is 0.341. The lowest BCUT2D eigenvalue weighted by Crippen LogP contribution is -2.09. The van der Waals surface area contributed by atoms with E-state index in [4.69, 9.17) is 33.2 Å². The molecule has 3 aromatic carbocycles. The van der Waals surface area contributed by atoms with Crippen LogP contribution >= 0.6 is 39.1 Å². The average molecular weight is 737 g/mol. The number of anilines is 4. The van der Waals surface area contributed by atoms with Gasteiger partial charge >= 0.3 is 0 Å². The van der Waals surface area contributed by atoms with Crippen LogP contribution in [0.15, 0.2) is 126 Å². The molecule has 2 N–H and O–H groups in total. The molecular weight excluding hydrogens is 707 g/mol. The number of halogens is 3. The van der Waals surface area contributed by atoms with E-state index >= 15 is 0 Å². The molecule has 0 saturated heterocycles. The Hall–Kier alpha value is -4.96. The van der Waals surface area contributed by atoms with Gasteiger partial charge in [0.15, 0.2) is 0 Å². The van der Waals surface area contributed by atoms with E-state index in [1.54, 1.807) is 0 Å². The van der Waals surface area contributed by atoms with Gasteiger partial charge in [-0.2, -0.15) is 10.2 Å². The summed E-state index contributed by atoms with van der Waals surface area (Å²) in [6, 6.07) is 39.6. The topological polar surface area (TPSA) is 85.5 Å². The third kappa shape index (κ3) is 6.71. The highest BCUT2D eigenvalue weighted by atomic mass is 79.9. The third-order valence-corrected chi connectivity index (χ3v) is 8.83. The van der Waals surface area contributed by atoms with Crippen LogP contribution in [0.25, 0.3) is 11.4 Å². The Morgan fingerprint density at radius 1 is 0.583 bits per heavy atom. The van der Waals surface area contributed by atoms with Crippen molar-refractivity contribution in [3.63, 3.8) is 0 Å². The van der Waals surface area contributed by atoms with E-state index in [0.717, 1.165) is 55.6 Å². The molecule has 48 heavy (non-hydrogen) atoms. The van der Waals surface area contributed by atoms with E-state index in [2.05, 4.69) is 42.8 Å². The van der Waals surface area contributed by atoms with Crippen LogP contribution in [-0.2, 0) is 0 Å². The fourth-order valence-electron chi connectivity index (χ4n) is 5.64. The van der Waals surface area contributed by atoms with E-state index in [0.29, 0.717) is 21.9 Å². The molecule has 0 spiro atoms. The van der Waals surface area contributed by atoms with Gasteiger partial charge < -0.3 is 10.6 Å². The molecule has 8 nitrogen and oxygen atoms in total. The first kappa shape index (κ1) is 31.6. The highest BCUT2D eigenvalue weighted by molar-refractivity contribution is 9.10. The quantitative estimate of drug-likeness (QED) is 0.144. The lowest BCUT2D eigenvalue weighted by molar-refractivity contribution is 0.868. The number of nitrogens with one attached hydrogen (secondary N) is 2. The molecule has 0 amide bonds. The Bertz CT molecular complexity index is 2080. The first-order valence-electron chi connectivity index (χ1n) is 15.2. The lowest BCUT2D eigenvalue weighted by atomic mass is 9.86. The number of nitrogens with zero attached hydrogens (tertiary/aromatic N) is 6. The zero-order chi connectivity index (χ0) is 33.2. The van der Waals surface area contributed by atoms with Crippen molar-refractivity contribution in [3.05, 3.63) is 164 Å². The van der Waals surface area contributed by atoms with Gasteiger partial charge in [0.25, 0.3) is 0 Å². The van der Waals surface area contributed by atoms with Crippen molar-refractivity contribution in [2.75, 3.05) is 10.6 Å². The Kier molecular flexibility index (Phi) is 8.99. The van der Waals surface area contributed by atoms with E-state index in [-0.39, 0.29) is 5.92 Å². The largest absolute Gasteiger partial charge is 0.325 e. The van der Waals surface area contributed by atoms with Crippen LogP contribution in [-0.4, -0.2) is 29.5 Å². The predicted octanol–water partition coefficient (Wildman–Crippen LogP) is 10.2. The molecule has 0 bridgehead atoms. The van der Waals surface area contributed by atoms with E-state index in [9.17, 15) is 0 Å². The molecule has 0 aliphatic rings. The van der Waals surface area contributed by atoms with Crippen LogP contribution in [0, 0.1) is 13.8 Å². The van der Waals surface area contributed by atoms with Gasteiger partial charge in [-0.3, -0.25) is 0 Å². The van der Waals surface area contributed by atoms with Crippen LogP contribution in [0.5, 0.6) is 0 Å². The normalized spacial score (nSPS) is 11.2. The summed E-state index contributed by atoms with van der Waals surface area (Å²) in [4.78, 5) is 9.53. The van der Waals surface area contributed by atoms with Crippen LogP contribution in [0.3, 0.4) is 0 Å². The second kappa shape index (κ2) is 13.6. The number of hydrogen-bond acceptors (Lipinski definition) is 6. The molecular formula is C37H29BrCl2N8. The van der Waals surface area contributed by atoms with Gasteiger partial charge in [-0.25, -0.2) is 19.3 Å². The third-order valence-electron chi connectivity index (χ3n) is 7.74. The first-order chi connectivity index (χ1) is 23.3. The fourth-order valence-corrected chi connectivity index (χ4v) is 6.59. The summed E-state index contributed by atoms with van der Waals surface area (Å²) in [7, 11) is 0. The van der Waals surface area contributed by atoms with Gasteiger partial charge in [0, 0.05) is 33.7 Å². The van der Waals surface area contributed by atoms with Crippen molar-refractivity contribution < 1.29 is 0 Å². The van der Waals surface area contributed by atoms with Crippen molar-refractivity contribution in [3.8, 4) is 11.4 Å². The summed E-state index contributed by atoms with van der Waals surface area (Å²) < 4.78 is 4.63. The summed E-state index contributed by atoms with van der Waals surface area (Å²) >= 11 is 17.6. The van der Waals surface area contributed by atoms with Crippen LogP contribution < -0.4 is 10.6 Å². The molecule has 0 aliphatic carbocycles. The van der Waals surface area contributed by atoms with E-state index in [1.807, 2.05) is 138 Å². The molecule has 0 atom stereocenters. The highest BCUT2D eigenvalue weighted by Crippen LogP contribution is 2.40. The standard InChI is InChI=1S/C37H29BrCl2N8/c1-23-20-33(47(45-23)27-12-5-3-6-13-27)41-31-18-16-29(36(39)43-31)35(25-10-9-11-26(38)22-25)30-17-19-32(44-37(30)40)42-34-21-24(2)46-48(34)28-14-7-4-8-15-28/h3-22,35H,1-2H3,(H,41,43)(H,42,44). The molecule has 11 heteroatoms. The summed E-state index contributed by atoms with van der Waals surface area (Å²) in [5.74, 6) is 2.38. The molecule has 238 valence electrons. The van der Waals surface area contributed by atoms with Gasteiger partial charge in [-0.1, -0.05) is 99.8 Å². The lowest BCUT2D eigenvalue weighted by Gasteiger charge is -2.22. The number of para-hydroxylation sites is 2. The number of aromatic nitrogens is 6. The highest BCUT2D eigenvalue weighted by Gasteiger charge is 2.25. The Morgan fingerprint density at radius 2 is 1.06 bits per heavy atom. The van der Waals surface area contributed by atoms with Crippen molar-refractivity contribution in [1.82, 2.24) is 29.5 Å². The van der Waals surface area contributed by atoms with Gasteiger partial charge in [-0.05, 0) is 67.9 Å². The van der Waals surface area contributed by atoms with Gasteiger partial charge in [0.1, 0.15) is 33.6 Å². The Morgan fingerprint density at radius 3 is 1.50 bits per heavy atom. The maximum absolute atomic E-state index is 6.99. The number of hydrogen-bond donors (Lipinski definition) is 2. The SMILES string of the molecule is Cc1cc(Nc2ccc(C(c3cccc(Br)c3)c3ccc(Nc4cc(C)nn4-c4ccccc4)nc3Cl)c(Cl)n2)n(-c2ccccc2)n1. The summed E-state index contributed by atoms with van der Waals surface area (Å²) in [6.45, 7) is 3.90. The maximum Gasteiger partial charge on any atom is 0.135 e. The number of benzene rings is 3. The zero-order valence-electron chi connectivity index (χ0n) is 25.9. The Balaban J connectivity index is 1.22. The maximum atomic E-state index is 6.99. The molecule has 0 radical (unpaired) electrons. The van der Waals surface area contributed by atoms with Crippen molar-refractivity contribution in [2.45, 2.75) is 19.8 Å². The zero-order valence-corrected chi connectivity index (χ0v) is 29.0. The molecule has 0 fully saturated rings. The average Bonchev–Trinajstić information content (AvgIpc) is 3.64. The molecule has 0 aliphatic heterocycles. The molecule has 0 saturated carbocycles. The second-order valence-corrected chi connectivity index (χ2v) is 12.9. The number of aryl methyl sites for hydroxylation is 2. The van der Waals surface area contributed by atoms with Gasteiger partial charge in [0.2, 0.25) is 0 Å². The summed E-state index contributed by atoms with van der Waals surface area (Å²) in [6.07, 6.45) is 0. The van der Waals surface area contributed by atoms with Crippen molar-refractivity contribution in [2.24, 2.45) is 0 Å². The molecule has 7 aromatic rings. The van der Waals surface area contributed by atoms with Crippen LogP contribution in [0.2, 0.25) is 10.3 Å². The Labute approximate surface area is 296 Å². The van der Waals surface area contributed by atoms with E-state index < -0.39 is 0 Å². The molecule has 4 heterocycles. The monoisotopic (exact) mass is 734 g/mol. The van der Waals surface area contributed by atoms with Gasteiger partial charge in [-0.15, -0.1) is 0 Å². The first-order valence-corrected chi connectivity index (χ1v) is 16.7. The number of rotatable bonds is 9. The minimum atomic E-state index is -0.347. The fraction of sp³-hybridized carbons (Fsp3) is 0.0811. The molecule has 4 aromatic heterocycles. The van der Waals surface area contributed by atoms with Crippen molar-refractivity contribution >= 4 is 62.4 Å². The van der Waals surface area contributed by atoms with Crippen LogP contribution in [0.1, 0.15) is 34.0 Å². The van der Waals surface area contributed by atoms with Crippen molar-refractivity contribution in [1.29, 1.82) is 0 Å². The smallest absolute Gasteiger partial charge is 0.135 e. The van der Waals surface area contributed by atoms with Crippen LogP contribution in [0.4, 0.5) is 23.3 Å². The number of pyridine rings is 2. The summed E-state index contributed by atoms with van der Waals surface area (Å²) in [5.41, 5.74) is 6.17. The molecule has 7 rings (SSSR count). The minimum Gasteiger partial charge on any atom is -0.325 e. The van der Waals surface area contributed by atoms with E-state index in [1.165, 1.54) is 0 Å².